The molecule has 0 unspecified atom stereocenters. The van der Waals surface area contributed by atoms with Crippen LogP contribution in [0.25, 0.3) is 0 Å². The number of amides is 1. The number of hydrogen-bond donors (Lipinski definition) is 2. The number of rotatable bonds is 6. The highest BCUT2D eigenvalue weighted by Gasteiger charge is 2.13. The molecule has 4 nitrogen and oxygen atoms in total. The molecule has 106 valence electrons. The Balaban J connectivity index is 3.02. The van der Waals surface area contributed by atoms with Gasteiger partial charge in [0.05, 0.1) is 0 Å². The van der Waals surface area contributed by atoms with Crippen LogP contribution in [0.3, 0.4) is 0 Å². The van der Waals surface area contributed by atoms with Crippen molar-refractivity contribution < 1.29 is 4.79 Å². The molecule has 2 N–H and O–H groups in total. The molecule has 0 radical (unpaired) electrons. The number of aromatic nitrogens is 1. The summed E-state index contributed by atoms with van der Waals surface area (Å²) in [7, 11) is 0. The molecule has 4 heteroatoms. The first kappa shape index (κ1) is 15.5. The highest BCUT2D eigenvalue weighted by Crippen LogP contribution is 2.09. The molecule has 0 fully saturated rings. The maximum absolute atomic E-state index is 12.0. The Hall–Kier alpha value is -1.58. The Labute approximate surface area is 114 Å². The Kier molecular flexibility index (Phi) is 5.80. The monoisotopic (exact) mass is 264 g/mol. The highest BCUT2D eigenvalue weighted by molar-refractivity contribution is 5.94. The second kappa shape index (κ2) is 7.12. The molecule has 0 saturated heterocycles. The molecule has 0 saturated carbocycles. The Morgan fingerprint density at radius 3 is 2.58 bits per heavy atom. The molecule has 1 heterocycles. The maximum Gasteiger partial charge on any atom is 0.261 e. The van der Waals surface area contributed by atoms with Crippen LogP contribution in [0, 0.1) is 5.92 Å². The molecule has 1 rings (SSSR count). The van der Waals surface area contributed by atoms with Gasteiger partial charge in [-0.1, -0.05) is 34.1 Å². The number of aryl methyl sites for hydroxylation is 2. The largest absolute Gasteiger partial charge is 0.352 e. The average molecular weight is 264 g/mol. The van der Waals surface area contributed by atoms with E-state index in [1.165, 1.54) is 0 Å². The molecule has 0 bridgehead atoms. The van der Waals surface area contributed by atoms with Gasteiger partial charge in [0.15, 0.2) is 0 Å². The predicted octanol–water partition coefficient (Wildman–Crippen LogP) is 2.28. The number of hydrogen-bond acceptors (Lipinski definition) is 2. The summed E-state index contributed by atoms with van der Waals surface area (Å²) in [4.78, 5) is 26.8. The summed E-state index contributed by atoms with van der Waals surface area (Å²) in [5, 5.41) is 2.78. The van der Waals surface area contributed by atoms with Gasteiger partial charge < -0.3 is 10.3 Å². The van der Waals surface area contributed by atoms with E-state index < -0.39 is 0 Å². The van der Waals surface area contributed by atoms with Gasteiger partial charge in [0, 0.05) is 12.2 Å². The number of nitrogens with one attached hydrogen (secondary N) is 2. The van der Waals surface area contributed by atoms with Crippen LogP contribution in [0.1, 0.15) is 55.7 Å². The highest BCUT2D eigenvalue weighted by atomic mass is 16.2. The van der Waals surface area contributed by atoms with E-state index in [1.807, 2.05) is 20.8 Å². The van der Waals surface area contributed by atoms with Crippen LogP contribution in [0.5, 0.6) is 0 Å². The van der Waals surface area contributed by atoms with Crippen LogP contribution in [0.4, 0.5) is 0 Å². The van der Waals surface area contributed by atoms with E-state index in [4.69, 9.17) is 0 Å². The van der Waals surface area contributed by atoms with Crippen molar-refractivity contribution >= 4 is 5.91 Å². The van der Waals surface area contributed by atoms with E-state index in [9.17, 15) is 9.59 Å². The summed E-state index contributed by atoms with van der Waals surface area (Å²) < 4.78 is 0. The van der Waals surface area contributed by atoms with Crippen molar-refractivity contribution in [3.63, 3.8) is 0 Å². The molecule has 0 aliphatic heterocycles. The fourth-order valence-corrected chi connectivity index (χ4v) is 1.96. The quantitative estimate of drug-likeness (QED) is 0.828. The van der Waals surface area contributed by atoms with E-state index >= 15 is 0 Å². The average Bonchev–Trinajstić information content (AvgIpc) is 2.36. The summed E-state index contributed by atoms with van der Waals surface area (Å²) in [6.07, 6.45) is 2.63. The zero-order valence-corrected chi connectivity index (χ0v) is 12.3. The third-order valence-electron chi connectivity index (χ3n) is 3.01. The first-order chi connectivity index (χ1) is 8.99. The second-order valence-corrected chi connectivity index (χ2v) is 5.22. The third-order valence-corrected chi connectivity index (χ3v) is 3.01. The normalized spacial score (nSPS) is 10.8. The number of carbonyl (C=O) groups is 1. The summed E-state index contributed by atoms with van der Waals surface area (Å²) in [6, 6.07) is 1.74. The molecule has 0 atom stereocenters. The molecule has 1 aromatic heterocycles. The van der Waals surface area contributed by atoms with E-state index in [-0.39, 0.29) is 17.0 Å². The van der Waals surface area contributed by atoms with Gasteiger partial charge >= 0.3 is 0 Å². The molecule has 0 aromatic carbocycles. The van der Waals surface area contributed by atoms with Gasteiger partial charge in [0.2, 0.25) is 0 Å². The van der Waals surface area contributed by atoms with E-state index in [2.05, 4.69) is 17.2 Å². The summed E-state index contributed by atoms with van der Waals surface area (Å²) in [5.74, 6) is 0.0840. The fraction of sp³-hybridized carbons (Fsp3) is 0.600. The lowest BCUT2D eigenvalue weighted by Gasteiger charge is -2.11. The van der Waals surface area contributed by atoms with Gasteiger partial charge in [-0.15, -0.1) is 0 Å². The topological polar surface area (TPSA) is 62.0 Å². The first-order valence-corrected chi connectivity index (χ1v) is 7.02. The molecule has 0 aliphatic carbocycles. The second-order valence-electron chi connectivity index (χ2n) is 5.22. The standard InChI is InChI=1S/C15H24N2O2/c1-5-7-13-11(6-2)8-12(15(19)17-13)14(18)16-9-10(3)4/h8,10H,5-7,9H2,1-4H3,(H,16,18)(H,17,19). The van der Waals surface area contributed by atoms with Gasteiger partial charge in [-0.3, -0.25) is 9.59 Å². The fourth-order valence-electron chi connectivity index (χ4n) is 1.96. The molecule has 0 aliphatic rings. The summed E-state index contributed by atoms with van der Waals surface area (Å²) in [6.45, 7) is 8.72. The molecule has 1 amide bonds. The van der Waals surface area contributed by atoms with Crippen LogP contribution in [0.2, 0.25) is 0 Å². The third kappa shape index (κ3) is 4.23. The van der Waals surface area contributed by atoms with Gasteiger partial charge in [-0.25, -0.2) is 0 Å². The zero-order valence-electron chi connectivity index (χ0n) is 12.3. The van der Waals surface area contributed by atoms with Crippen molar-refractivity contribution in [1.82, 2.24) is 10.3 Å². The summed E-state index contributed by atoms with van der Waals surface area (Å²) >= 11 is 0. The number of carbonyl (C=O) groups excluding carboxylic acids is 1. The first-order valence-electron chi connectivity index (χ1n) is 7.02. The Bertz CT molecular complexity index is 489. The Morgan fingerprint density at radius 2 is 2.05 bits per heavy atom. The van der Waals surface area contributed by atoms with Crippen LogP contribution in [0.15, 0.2) is 10.9 Å². The minimum Gasteiger partial charge on any atom is -0.352 e. The van der Waals surface area contributed by atoms with Gasteiger partial charge in [-0.05, 0) is 30.4 Å². The number of pyridine rings is 1. The minimum atomic E-state index is -0.290. The molecular weight excluding hydrogens is 240 g/mol. The van der Waals surface area contributed by atoms with Crippen molar-refractivity contribution in [2.24, 2.45) is 5.92 Å². The van der Waals surface area contributed by atoms with Gasteiger partial charge in [0.25, 0.3) is 11.5 Å². The maximum atomic E-state index is 12.0. The van der Waals surface area contributed by atoms with Crippen molar-refractivity contribution in [3.8, 4) is 0 Å². The smallest absolute Gasteiger partial charge is 0.261 e. The molecule has 0 spiro atoms. The number of aromatic amines is 1. The van der Waals surface area contributed by atoms with Crippen molar-refractivity contribution in [1.29, 1.82) is 0 Å². The zero-order chi connectivity index (χ0) is 14.4. The van der Waals surface area contributed by atoms with Gasteiger partial charge in [-0.2, -0.15) is 0 Å². The Morgan fingerprint density at radius 1 is 1.37 bits per heavy atom. The van der Waals surface area contributed by atoms with E-state index in [0.717, 1.165) is 30.5 Å². The summed E-state index contributed by atoms with van der Waals surface area (Å²) in [5.41, 5.74) is 1.94. The molecule has 1 aromatic rings. The van der Waals surface area contributed by atoms with Gasteiger partial charge in [0.1, 0.15) is 5.56 Å². The lowest BCUT2D eigenvalue weighted by Crippen LogP contribution is -2.32. The molecular formula is C15H24N2O2. The van der Waals surface area contributed by atoms with E-state index in [1.54, 1.807) is 6.07 Å². The number of H-pyrrole nitrogens is 1. The minimum absolute atomic E-state index is 0.220. The lowest BCUT2D eigenvalue weighted by atomic mass is 10.0. The van der Waals surface area contributed by atoms with Crippen LogP contribution >= 0.6 is 0 Å². The van der Waals surface area contributed by atoms with Crippen molar-refractivity contribution in [2.75, 3.05) is 6.54 Å². The van der Waals surface area contributed by atoms with Crippen LogP contribution in [-0.4, -0.2) is 17.4 Å². The lowest BCUT2D eigenvalue weighted by molar-refractivity contribution is 0.0947. The van der Waals surface area contributed by atoms with E-state index in [0.29, 0.717) is 12.5 Å². The predicted molar refractivity (Wildman–Crippen MR) is 77.6 cm³/mol. The van der Waals surface area contributed by atoms with Crippen LogP contribution < -0.4 is 10.9 Å². The van der Waals surface area contributed by atoms with Crippen molar-refractivity contribution in [3.05, 3.63) is 33.2 Å². The molecule has 19 heavy (non-hydrogen) atoms. The van der Waals surface area contributed by atoms with Crippen LogP contribution in [-0.2, 0) is 12.8 Å². The van der Waals surface area contributed by atoms with Crippen molar-refractivity contribution in [2.45, 2.75) is 47.0 Å². The SMILES string of the molecule is CCCc1[nH]c(=O)c(C(=O)NCC(C)C)cc1CC.